The van der Waals surface area contributed by atoms with Gasteiger partial charge in [-0.05, 0) is 24.1 Å². The summed E-state index contributed by atoms with van der Waals surface area (Å²) < 4.78 is 19.9. The molecule has 3 rings (SSSR count). The van der Waals surface area contributed by atoms with Gasteiger partial charge in [0.2, 0.25) is 5.89 Å². The van der Waals surface area contributed by atoms with Crippen LogP contribution in [0.5, 0.6) is 0 Å². The van der Waals surface area contributed by atoms with Crippen molar-refractivity contribution in [2.75, 3.05) is 0 Å². The Balaban J connectivity index is 1.79. The van der Waals surface area contributed by atoms with Crippen molar-refractivity contribution in [3.63, 3.8) is 0 Å². The quantitative estimate of drug-likeness (QED) is 0.717. The van der Waals surface area contributed by atoms with Crippen LogP contribution in [0.15, 0.2) is 53.1 Å². The van der Waals surface area contributed by atoms with Crippen LogP contribution in [0.4, 0.5) is 4.39 Å². The van der Waals surface area contributed by atoms with Crippen LogP contribution in [0.2, 0.25) is 0 Å². The van der Waals surface area contributed by atoms with Gasteiger partial charge in [-0.2, -0.15) is 4.98 Å². The van der Waals surface area contributed by atoms with Crippen LogP contribution in [-0.4, -0.2) is 16.2 Å². The van der Waals surface area contributed by atoms with Gasteiger partial charge >= 0.3 is 0 Å². The van der Waals surface area contributed by atoms with Crippen molar-refractivity contribution in [1.29, 1.82) is 0 Å². The fraction of sp³-hybridized carbons (Fsp3) is 0.300. The molecule has 3 aromatic rings. The van der Waals surface area contributed by atoms with E-state index >= 15 is 0 Å². The Hall–Kier alpha value is -2.53. The average molecular weight is 339 g/mol. The summed E-state index contributed by atoms with van der Waals surface area (Å²) in [4.78, 5) is 4.41. The molecule has 0 spiro atoms. The molecular formula is C20H22FN3O. The maximum Gasteiger partial charge on any atom is 0.233 e. The summed E-state index contributed by atoms with van der Waals surface area (Å²) in [5.74, 6) is 0.681. The molecular weight excluding hydrogens is 317 g/mol. The van der Waals surface area contributed by atoms with Crippen molar-refractivity contribution in [1.82, 2.24) is 15.5 Å². The molecule has 0 saturated heterocycles. The molecule has 1 atom stereocenters. The van der Waals surface area contributed by atoms with E-state index in [2.05, 4.69) is 29.3 Å². The first kappa shape index (κ1) is 17.3. The molecule has 0 aliphatic carbocycles. The molecule has 0 aliphatic heterocycles. The van der Waals surface area contributed by atoms with Gasteiger partial charge in [0.1, 0.15) is 5.82 Å². The first-order valence-corrected chi connectivity index (χ1v) is 8.45. The summed E-state index contributed by atoms with van der Waals surface area (Å²) in [5.41, 5.74) is 2.26. The number of aromatic nitrogens is 2. The molecule has 1 N–H and O–H groups in total. The lowest BCUT2D eigenvalue weighted by Crippen LogP contribution is -2.22. The molecule has 1 unspecified atom stereocenters. The Morgan fingerprint density at radius 3 is 2.52 bits per heavy atom. The minimum absolute atomic E-state index is 0.167. The zero-order valence-corrected chi connectivity index (χ0v) is 14.7. The largest absolute Gasteiger partial charge is 0.339 e. The summed E-state index contributed by atoms with van der Waals surface area (Å²) in [6.07, 6.45) is 0. The van der Waals surface area contributed by atoms with Gasteiger partial charge in [-0.1, -0.05) is 61.5 Å². The van der Waals surface area contributed by atoms with Crippen LogP contribution in [0.1, 0.15) is 44.0 Å². The SMILES string of the molecule is CC(C)NCc1noc(C(C)c2ccc(-c3ccccc3)c(F)c2)n1. The average Bonchev–Trinajstić information content (AvgIpc) is 3.09. The highest BCUT2D eigenvalue weighted by Gasteiger charge is 2.18. The Labute approximate surface area is 147 Å². The van der Waals surface area contributed by atoms with Gasteiger partial charge in [-0.25, -0.2) is 4.39 Å². The van der Waals surface area contributed by atoms with Gasteiger partial charge in [-0.3, -0.25) is 0 Å². The second-order valence-corrected chi connectivity index (χ2v) is 6.41. The van der Waals surface area contributed by atoms with E-state index in [4.69, 9.17) is 4.52 Å². The molecule has 4 nitrogen and oxygen atoms in total. The van der Waals surface area contributed by atoms with Crippen molar-refractivity contribution in [2.24, 2.45) is 0 Å². The van der Waals surface area contributed by atoms with Crippen molar-refractivity contribution < 1.29 is 8.91 Å². The highest BCUT2D eigenvalue weighted by atomic mass is 19.1. The molecule has 0 fully saturated rings. The monoisotopic (exact) mass is 339 g/mol. The van der Waals surface area contributed by atoms with Crippen molar-refractivity contribution >= 4 is 0 Å². The van der Waals surface area contributed by atoms with Gasteiger partial charge < -0.3 is 9.84 Å². The standard InChI is InChI=1S/C20H22FN3O/c1-13(2)22-12-19-23-20(25-24-19)14(3)16-9-10-17(18(21)11-16)15-7-5-4-6-8-15/h4-11,13-14,22H,12H2,1-3H3. The summed E-state index contributed by atoms with van der Waals surface area (Å²) in [6.45, 7) is 6.60. The minimum atomic E-state index is -0.253. The molecule has 0 bridgehead atoms. The molecule has 5 heteroatoms. The summed E-state index contributed by atoms with van der Waals surface area (Å²) in [5, 5.41) is 7.22. The molecule has 1 aromatic heterocycles. The number of halogens is 1. The lowest BCUT2D eigenvalue weighted by atomic mass is 9.97. The third kappa shape index (κ3) is 4.12. The Kier molecular flexibility index (Phi) is 5.24. The maximum atomic E-state index is 14.6. The summed E-state index contributed by atoms with van der Waals surface area (Å²) in [6, 6.07) is 15.1. The predicted molar refractivity (Wildman–Crippen MR) is 95.6 cm³/mol. The number of hydrogen-bond acceptors (Lipinski definition) is 4. The van der Waals surface area contributed by atoms with Crippen molar-refractivity contribution in [2.45, 2.75) is 39.3 Å². The Morgan fingerprint density at radius 2 is 1.84 bits per heavy atom. The predicted octanol–water partition coefficient (Wildman–Crippen LogP) is 4.53. The molecule has 0 radical (unpaired) electrons. The van der Waals surface area contributed by atoms with Crippen LogP contribution in [0.25, 0.3) is 11.1 Å². The van der Waals surface area contributed by atoms with E-state index in [-0.39, 0.29) is 11.7 Å². The molecule has 1 heterocycles. The fourth-order valence-corrected chi connectivity index (χ4v) is 2.61. The lowest BCUT2D eigenvalue weighted by Gasteiger charge is -2.10. The van der Waals surface area contributed by atoms with E-state index in [0.29, 0.717) is 29.9 Å². The van der Waals surface area contributed by atoms with E-state index in [1.165, 1.54) is 0 Å². The van der Waals surface area contributed by atoms with Crippen LogP contribution in [0.3, 0.4) is 0 Å². The zero-order valence-electron chi connectivity index (χ0n) is 14.7. The topological polar surface area (TPSA) is 51.0 Å². The van der Waals surface area contributed by atoms with Crippen molar-refractivity contribution in [3.05, 3.63) is 71.6 Å². The molecule has 2 aromatic carbocycles. The smallest absolute Gasteiger partial charge is 0.233 e. The van der Waals surface area contributed by atoms with E-state index < -0.39 is 0 Å². The lowest BCUT2D eigenvalue weighted by molar-refractivity contribution is 0.363. The number of benzene rings is 2. The molecule has 25 heavy (non-hydrogen) atoms. The number of nitrogens with one attached hydrogen (secondary N) is 1. The third-order valence-electron chi connectivity index (χ3n) is 4.10. The minimum Gasteiger partial charge on any atom is -0.339 e. The van der Waals surface area contributed by atoms with Gasteiger partial charge in [0, 0.05) is 11.6 Å². The first-order chi connectivity index (χ1) is 12.0. The van der Waals surface area contributed by atoms with Gasteiger partial charge in [-0.15, -0.1) is 0 Å². The summed E-state index contributed by atoms with van der Waals surface area (Å²) >= 11 is 0. The summed E-state index contributed by atoms with van der Waals surface area (Å²) in [7, 11) is 0. The van der Waals surface area contributed by atoms with E-state index in [1.807, 2.05) is 43.3 Å². The number of hydrogen-bond donors (Lipinski definition) is 1. The van der Waals surface area contributed by atoms with Gasteiger partial charge in [0.05, 0.1) is 12.5 Å². The van der Waals surface area contributed by atoms with Gasteiger partial charge in [0.15, 0.2) is 5.82 Å². The van der Waals surface area contributed by atoms with E-state index in [1.54, 1.807) is 12.1 Å². The van der Waals surface area contributed by atoms with Crippen molar-refractivity contribution in [3.8, 4) is 11.1 Å². The van der Waals surface area contributed by atoms with E-state index in [0.717, 1.165) is 11.1 Å². The molecule has 0 saturated carbocycles. The Morgan fingerprint density at radius 1 is 1.08 bits per heavy atom. The number of rotatable bonds is 6. The van der Waals surface area contributed by atoms with Crippen LogP contribution < -0.4 is 5.32 Å². The van der Waals surface area contributed by atoms with E-state index in [9.17, 15) is 4.39 Å². The van der Waals surface area contributed by atoms with Gasteiger partial charge in [0.25, 0.3) is 0 Å². The molecule has 0 aliphatic rings. The normalized spacial score (nSPS) is 12.5. The highest BCUT2D eigenvalue weighted by Crippen LogP contribution is 2.28. The number of nitrogens with zero attached hydrogens (tertiary/aromatic N) is 2. The maximum absolute atomic E-state index is 14.6. The zero-order chi connectivity index (χ0) is 17.8. The second-order valence-electron chi connectivity index (χ2n) is 6.41. The second kappa shape index (κ2) is 7.57. The van der Waals surface area contributed by atoms with Crippen LogP contribution in [0, 0.1) is 5.82 Å². The molecule has 130 valence electrons. The first-order valence-electron chi connectivity index (χ1n) is 8.45. The third-order valence-corrected chi connectivity index (χ3v) is 4.10. The highest BCUT2D eigenvalue weighted by molar-refractivity contribution is 5.64. The van der Waals surface area contributed by atoms with Crippen LogP contribution >= 0.6 is 0 Å². The Bertz CT molecular complexity index is 830. The molecule has 0 amide bonds. The fourth-order valence-electron chi connectivity index (χ4n) is 2.61. The van der Waals surface area contributed by atoms with Crippen LogP contribution in [-0.2, 0) is 6.54 Å².